The van der Waals surface area contributed by atoms with E-state index in [1.165, 1.54) is 31.4 Å². The molecule has 0 aliphatic rings. The molecule has 0 fully saturated rings. The number of pyridine rings is 2. The summed E-state index contributed by atoms with van der Waals surface area (Å²) in [7, 11) is -2.97. The van der Waals surface area contributed by atoms with E-state index in [1.54, 1.807) is 36.4 Å². The number of nitrogens with zero attached hydrogens (tertiary/aromatic N) is 2. The Morgan fingerprint density at radius 3 is 2.35 bits per heavy atom. The van der Waals surface area contributed by atoms with Gasteiger partial charge in [0, 0.05) is 22.2 Å². The molecule has 2 aromatic carbocycles. The van der Waals surface area contributed by atoms with Crippen LogP contribution >= 0.6 is 23.2 Å². The van der Waals surface area contributed by atoms with E-state index in [4.69, 9.17) is 23.2 Å². The van der Waals surface area contributed by atoms with Crippen LogP contribution in [0.5, 0.6) is 0 Å². The lowest BCUT2D eigenvalue weighted by molar-refractivity contribution is 0.0593. The molecular weight excluding hydrogens is 501 g/mol. The standard InChI is InChI=1S/C23H15Cl2N3O5S/c1-33-23(30)19-9-4-14(12-26-19)22(29)28-34(31,32)16-6-2-13(3-7-16)20-11-18(25)17-8-5-15(24)10-21(17)27-20/h2-12H,1H3,(H,28,29). The van der Waals surface area contributed by atoms with Gasteiger partial charge in [0.25, 0.3) is 15.9 Å². The minimum atomic E-state index is -4.17. The van der Waals surface area contributed by atoms with Crippen molar-refractivity contribution in [1.29, 1.82) is 0 Å². The molecule has 34 heavy (non-hydrogen) atoms. The first-order valence-electron chi connectivity index (χ1n) is 9.66. The van der Waals surface area contributed by atoms with Crippen molar-refractivity contribution >= 4 is 56.0 Å². The summed E-state index contributed by atoms with van der Waals surface area (Å²) < 4.78 is 31.9. The summed E-state index contributed by atoms with van der Waals surface area (Å²) >= 11 is 12.4. The second kappa shape index (κ2) is 9.38. The SMILES string of the molecule is COC(=O)c1ccc(C(=O)NS(=O)(=O)c2ccc(-c3cc(Cl)c4ccc(Cl)cc4n3)cc2)cn1. The Bertz CT molecular complexity index is 1520. The molecule has 0 aliphatic carbocycles. The fourth-order valence-electron chi connectivity index (χ4n) is 3.11. The van der Waals surface area contributed by atoms with Crippen molar-refractivity contribution in [1.82, 2.24) is 14.7 Å². The summed E-state index contributed by atoms with van der Waals surface area (Å²) in [5, 5.41) is 1.74. The minimum absolute atomic E-state index is 0.0119. The van der Waals surface area contributed by atoms with E-state index in [9.17, 15) is 18.0 Å². The van der Waals surface area contributed by atoms with Gasteiger partial charge in [-0.15, -0.1) is 0 Å². The highest BCUT2D eigenvalue weighted by Crippen LogP contribution is 2.30. The molecule has 0 aliphatic heterocycles. The van der Waals surface area contributed by atoms with Gasteiger partial charge in [-0.3, -0.25) is 4.79 Å². The zero-order chi connectivity index (χ0) is 24.5. The summed E-state index contributed by atoms with van der Waals surface area (Å²) in [6.07, 6.45) is 1.08. The number of benzene rings is 2. The quantitative estimate of drug-likeness (QED) is 0.388. The number of methoxy groups -OCH3 is 1. The normalized spacial score (nSPS) is 11.3. The number of ether oxygens (including phenoxy) is 1. The third kappa shape index (κ3) is 4.86. The van der Waals surface area contributed by atoms with Crippen molar-refractivity contribution in [3.8, 4) is 11.3 Å². The van der Waals surface area contributed by atoms with Gasteiger partial charge in [-0.1, -0.05) is 35.3 Å². The summed E-state index contributed by atoms with van der Waals surface area (Å²) in [6, 6.07) is 15.2. The fraction of sp³-hybridized carbons (Fsp3) is 0.0435. The van der Waals surface area contributed by atoms with Gasteiger partial charge in [0.05, 0.1) is 33.8 Å². The molecule has 4 rings (SSSR count). The number of aromatic nitrogens is 2. The average molecular weight is 516 g/mol. The number of carbonyl (C=O) groups is 2. The lowest BCUT2D eigenvalue weighted by Crippen LogP contribution is -2.30. The van der Waals surface area contributed by atoms with Crippen LogP contribution in [0.4, 0.5) is 0 Å². The van der Waals surface area contributed by atoms with Crippen molar-refractivity contribution in [3.05, 3.63) is 88.2 Å². The van der Waals surface area contributed by atoms with E-state index in [-0.39, 0.29) is 16.2 Å². The van der Waals surface area contributed by atoms with E-state index in [0.717, 1.165) is 11.6 Å². The maximum Gasteiger partial charge on any atom is 0.356 e. The third-order valence-corrected chi connectivity index (χ3v) is 6.72. The van der Waals surface area contributed by atoms with Crippen LogP contribution < -0.4 is 4.72 Å². The van der Waals surface area contributed by atoms with Crippen molar-refractivity contribution in [2.75, 3.05) is 7.11 Å². The smallest absolute Gasteiger partial charge is 0.356 e. The number of hydrogen-bond donors (Lipinski definition) is 1. The highest BCUT2D eigenvalue weighted by atomic mass is 35.5. The predicted octanol–water partition coefficient (Wildman–Crippen LogP) is 4.51. The topological polar surface area (TPSA) is 115 Å². The average Bonchev–Trinajstić information content (AvgIpc) is 2.83. The zero-order valence-corrected chi connectivity index (χ0v) is 19.8. The maximum atomic E-state index is 12.7. The first-order chi connectivity index (χ1) is 16.2. The van der Waals surface area contributed by atoms with Crippen molar-refractivity contribution in [2.45, 2.75) is 4.90 Å². The van der Waals surface area contributed by atoms with Crippen LogP contribution in [0.15, 0.2) is 71.8 Å². The van der Waals surface area contributed by atoms with E-state index >= 15 is 0 Å². The van der Waals surface area contributed by atoms with E-state index in [0.29, 0.717) is 26.8 Å². The van der Waals surface area contributed by atoms with Gasteiger partial charge in [-0.05, 0) is 48.5 Å². The summed E-state index contributed by atoms with van der Waals surface area (Å²) in [5.74, 6) is -1.57. The Hall–Kier alpha value is -3.53. The van der Waals surface area contributed by atoms with Gasteiger partial charge in [0.15, 0.2) is 0 Å². The van der Waals surface area contributed by atoms with Gasteiger partial charge in [0.2, 0.25) is 0 Å². The highest BCUT2D eigenvalue weighted by Gasteiger charge is 2.20. The summed E-state index contributed by atoms with van der Waals surface area (Å²) in [5.41, 5.74) is 1.70. The van der Waals surface area contributed by atoms with E-state index in [2.05, 4.69) is 14.7 Å². The van der Waals surface area contributed by atoms with Gasteiger partial charge in [-0.2, -0.15) is 0 Å². The van der Waals surface area contributed by atoms with Gasteiger partial charge >= 0.3 is 5.97 Å². The number of fused-ring (bicyclic) bond motifs is 1. The molecule has 0 saturated heterocycles. The van der Waals surface area contributed by atoms with E-state index in [1.807, 2.05) is 4.72 Å². The fourth-order valence-corrected chi connectivity index (χ4v) is 4.51. The molecule has 0 unspecified atom stereocenters. The minimum Gasteiger partial charge on any atom is -0.464 e. The van der Waals surface area contributed by atoms with Gasteiger partial charge in [0.1, 0.15) is 5.69 Å². The largest absolute Gasteiger partial charge is 0.464 e. The second-order valence-electron chi connectivity index (χ2n) is 7.03. The van der Waals surface area contributed by atoms with E-state index < -0.39 is 21.9 Å². The highest BCUT2D eigenvalue weighted by molar-refractivity contribution is 7.90. The molecule has 0 atom stereocenters. The molecule has 0 bridgehead atoms. The third-order valence-electron chi connectivity index (χ3n) is 4.83. The number of sulfonamides is 1. The van der Waals surface area contributed by atoms with Crippen LogP contribution in [-0.4, -0.2) is 37.4 Å². The molecule has 11 heteroatoms. The Balaban J connectivity index is 1.55. The van der Waals surface area contributed by atoms with Gasteiger partial charge < -0.3 is 4.74 Å². The monoisotopic (exact) mass is 515 g/mol. The first-order valence-corrected chi connectivity index (χ1v) is 11.9. The summed E-state index contributed by atoms with van der Waals surface area (Å²) in [4.78, 5) is 32.0. The molecule has 2 aromatic heterocycles. The van der Waals surface area contributed by atoms with Crippen molar-refractivity contribution in [2.24, 2.45) is 0 Å². The lowest BCUT2D eigenvalue weighted by atomic mass is 10.1. The maximum absolute atomic E-state index is 12.7. The Labute approximate surface area is 204 Å². The molecule has 0 radical (unpaired) electrons. The number of carbonyl (C=O) groups excluding carboxylic acids is 2. The predicted molar refractivity (Wildman–Crippen MR) is 127 cm³/mol. The number of amides is 1. The first kappa shape index (κ1) is 23.6. The van der Waals surface area contributed by atoms with Crippen molar-refractivity contribution in [3.63, 3.8) is 0 Å². The summed E-state index contributed by atoms with van der Waals surface area (Å²) in [6.45, 7) is 0. The van der Waals surface area contributed by atoms with Crippen LogP contribution in [0.2, 0.25) is 10.0 Å². The number of nitrogens with one attached hydrogen (secondary N) is 1. The van der Waals surface area contributed by atoms with Crippen LogP contribution in [0.3, 0.4) is 0 Å². The number of halogens is 2. The molecular formula is C23H15Cl2N3O5S. The van der Waals surface area contributed by atoms with Gasteiger partial charge in [-0.25, -0.2) is 27.9 Å². The zero-order valence-electron chi connectivity index (χ0n) is 17.5. The van der Waals surface area contributed by atoms with Crippen LogP contribution in [0, 0.1) is 0 Å². The molecule has 1 amide bonds. The number of rotatable bonds is 5. The number of hydrogen-bond acceptors (Lipinski definition) is 7. The molecule has 2 heterocycles. The molecule has 4 aromatic rings. The lowest BCUT2D eigenvalue weighted by Gasteiger charge is -2.09. The van der Waals surface area contributed by atoms with Crippen LogP contribution in [-0.2, 0) is 14.8 Å². The van der Waals surface area contributed by atoms with Crippen LogP contribution in [0.25, 0.3) is 22.2 Å². The van der Waals surface area contributed by atoms with Crippen LogP contribution in [0.1, 0.15) is 20.8 Å². The molecule has 0 spiro atoms. The Morgan fingerprint density at radius 1 is 0.971 bits per heavy atom. The van der Waals surface area contributed by atoms with Crippen molar-refractivity contribution < 1.29 is 22.7 Å². The molecule has 172 valence electrons. The molecule has 8 nitrogen and oxygen atoms in total. The molecule has 0 saturated carbocycles. The Morgan fingerprint density at radius 2 is 1.71 bits per heavy atom. The Kier molecular flexibility index (Phi) is 6.52. The molecule has 1 N–H and O–H groups in total. The number of esters is 1. The second-order valence-corrected chi connectivity index (χ2v) is 9.56.